The third kappa shape index (κ3) is 2.34. The molecule has 2 aromatic rings. The van der Waals surface area contributed by atoms with Crippen molar-refractivity contribution < 1.29 is 4.79 Å². The van der Waals surface area contributed by atoms with Gasteiger partial charge < -0.3 is 5.32 Å². The number of anilines is 1. The number of rotatable bonds is 3. The number of hydrogen-bond donors (Lipinski definition) is 2. The Hall–Kier alpha value is -1.95. The van der Waals surface area contributed by atoms with Crippen molar-refractivity contribution in [1.82, 2.24) is 20.6 Å². The van der Waals surface area contributed by atoms with Crippen LogP contribution in [0, 0.1) is 0 Å². The Labute approximate surface area is 96.0 Å². The Morgan fingerprint density at radius 1 is 1.50 bits per heavy atom. The molecule has 0 bridgehead atoms. The Morgan fingerprint density at radius 3 is 3.06 bits per heavy atom. The Bertz CT molecular complexity index is 484. The number of carbonyl (C=O) groups excluding carboxylic acids is 1. The number of nitrogens with zero attached hydrogens (tertiary/aromatic N) is 3. The summed E-state index contributed by atoms with van der Waals surface area (Å²) in [5, 5.41) is 16.1. The van der Waals surface area contributed by atoms with Crippen LogP contribution in [0.25, 0.3) is 11.4 Å². The Morgan fingerprint density at radius 2 is 2.38 bits per heavy atom. The number of halogens is 1. The zero-order valence-corrected chi connectivity index (χ0v) is 8.90. The van der Waals surface area contributed by atoms with Crippen LogP contribution in [0.2, 0.25) is 0 Å². The summed E-state index contributed by atoms with van der Waals surface area (Å²) in [4.78, 5) is 11.1. The monoisotopic (exact) mass is 237 g/mol. The van der Waals surface area contributed by atoms with Crippen LogP contribution in [0.15, 0.2) is 24.3 Å². The molecule has 1 aromatic carbocycles. The van der Waals surface area contributed by atoms with Crippen molar-refractivity contribution in [3.63, 3.8) is 0 Å². The van der Waals surface area contributed by atoms with Crippen molar-refractivity contribution in [3.05, 3.63) is 24.3 Å². The van der Waals surface area contributed by atoms with Crippen LogP contribution in [0.1, 0.15) is 0 Å². The molecule has 0 aliphatic carbocycles. The van der Waals surface area contributed by atoms with E-state index in [1.54, 1.807) is 18.2 Å². The number of hydrogen-bond acceptors (Lipinski definition) is 4. The van der Waals surface area contributed by atoms with E-state index in [1.165, 1.54) is 0 Å². The lowest BCUT2D eigenvalue weighted by Gasteiger charge is -2.03. The van der Waals surface area contributed by atoms with Gasteiger partial charge in [0.2, 0.25) is 11.7 Å². The molecule has 0 saturated heterocycles. The zero-order chi connectivity index (χ0) is 11.4. The highest BCUT2D eigenvalue weighted by Crippen LogP contribution is 2.18. The van der Waals surface area contributed by atoms with E-state index in [0.29, 0.717) is 11.5 Å². The fourth-order valence-corrected chi connectivity index (χ4v) is 1.28. The first-order chi connectivity index (χ1) is 7.79. The second kappa shape index (κ2) is 4.71. The summed E-state index contributed by atoms with van der Waals surface area (Å²) in [5.41, 5.74) is 1.41. The van der Waals surface area contributed by atoms with Crippen molar-refractivity contribution in [3.8, 4) is 11.4 Å². The summed E-state index contributed by atoms with van der Waals surface area (Å²) >= 11 is 5.39. The molecule has 0 unspecified atom stereocenters. The van der Waals surface area contributed by atoms with Crippen molar-refractivity contribution in [2.45, 2.75) is 0 Å². The number of H-pyrrole nitrogens is 1. The number of tetrazole rings is 1. The van der Waals surface area contributed by atoms with E-state index in [2.05, 4.69) is 25.9 Å². The molecule has 0 atom stereocenters. The van der Waals surface area contributed by atoms with Gasteiger partial charge in [-0.25, -0.2) is 0 Å². The Balaban J connectivity index is 2.23. The average molecular weight is 238 g/mol. The molecule has 82 valence electrons. The molecule has 0 radical (unpaired) electrons. The van der Waals surface area contributed by atoms with Crippen LogP contribution >= 0.6 is 11.6 Å². The normalized spacial score (nSPS) is 10.1. The highest BCUT2D eigenvalue weighted by Gasteiger charge is 2.05. The second-order valence-electron chi connectivity index (χ2n) is 3.00. The fourth-order valence-electron chi connectivity index (χ4n) is 1.21. The fraction of sp³-hybridized carbons (Fsp3) is 0.111. The van der Waals surface area contributed by atoms with Gasteiger partial charge in [0.25, 0.3) is 0 Å². The van der Waals surface area contributed by atoms with Gasteiger partial charge in [0.1, 0.15) is 5.88 Å². The number of amides is 1. The molecule has 0 aliphatic rings. The molecule has 0 aliphatic heterocycles. The molecule has 0 spiro atoms. The van der Waals surface area contributed by atoms with Crippen LogP contribution in [0.5, 0.6) is 0 Å². The first-order valence-electron chi connectivity index (χ1n) is 4.49. The largest absolute Gasteiger partial charge is 0.325 e. The van der Waals surface area contributed by atoms with Crippen LogP contribution in [0.4, 0.5) is 5.69 Å². The summed E-state index contributed by atoms with van der Waals surface area (Å²) in [6.07, 6.45) is 0. The van der Waals surface area contributed by atoms with Gasteiger partial charge in [-0.2, -0.15) is 5.21 Å². The molecule has 1 amide bonds. The van der Waals surface area contributed by atoms with E-state index in [4.69, 9.17) is 11.6 Å². The zero-order valence-electron chi connectivity index (χ0n) is 8.14. The molecular weight excluding hydrogens is 230 g/mol. The minimum Gasteiger partial charge on any atom is -0.325 e. The van der Waals surface area contributed by atoms with E-state index in [-0.39, 0.29) is 11.8 Å². The van der Waals surface area contributed by atoms with Gasteiger partial charge in [-0.3, -0.25) is 4.79 Å². The summed E-state index contributed by atoms with van der Waals surface area (Å²) in [6.45, 7) is 0. The molecule has 0 saturated carbocycles. The van der Waals surface area contributed by atoms with Crippen molar-refractivity contribution in [2.24, 2.45) is 0 Å². The molecule has 7 heteroatoms. The van der Waals surface area contributed by atoms with Gasteiger partial charge >= 0.3 is 0 Å². The van der Waals surface area contributed by atoms with Crippen LogP contribution < -0.4 is 5.32 Å². The summed E-state index contributed by atoms with van der Waals surface area (Å²) in [6, 6.07) is 7.11. The van der Waals surface area contributed by atoms with E-state index in [1.807, 2.05) is 6.07 Å². The van der Waals surface area contributed by atoms with Crippen molar-refractivity contribution in [1.29, 1.82) is 0 Å². The second-order valence-corrected chi connectivity index (χ2v) is 3.27. The third-order valence-corrected chi connectivity index (χ3v) is 2.11. The number of aromatic nitrogens is 4. The molecule has 16 heavy (non-hydrogen) atoms. The van der Waals surface area contributed by atoms with E-state index >= 15 is 0 Å². The smallest absolute Gasteiger partial charge is 0.239 e. The SMILES string of the molecule is O=C(CCl)Nc1cccc(-c2nn[nH]n2)c1. The maximum absolute atomic E-state index is 11.1. The number of benzene rings is 1. The lowest BCUT2D eigenvalue weighted by molar-refractivity contribution is -0.113. The minimum atomic E-state index is -0.257. The minimum absolute atomic E-state index is 0.0769. The van der Waals surface area contributed by atoms with Crippen LogP contribution in [-0.4, -0.2) is 32.4 Å². The van der Waals surface area contributed by atoms with Crippen LogP contribution in [-0.2, 0) is 4.79 Å². The van der Waals surface area contributed by atoms with E-state index < -0.39 is 0 Å². The van der Waals surface area contributed by atoms with E-state index in [9.17, 15) is 4.79 Å². The first-order valence-corrected chi connectivity index (χ1v) is 5.03. The van der Waals surface area contributed by atoms with Gasteiger partial charge in [0.05, 0.1) is 0 Å². The number of nitrogens with one attached hydrogen (secondary N) is 2. The maximum Gasteiger partial charge on any atom is 0.239 e. The topological polar surface area (TPSA) is 83.6 Å². The standard InChI is InChI=1S/C9H8ClN5O/c10-5-8(16)11-7-3-1-2-6(4-7)9-12-14-15-13-9/h1-4H,5H2,(H,11,16)(H,12,13,14,15). The van der Waals surface area contributed by atoms with Gasteiger partial charge in [-0.1, -0.05) is 12.1 Å². The number of aromatic amines is 1. The average Bonchev–Trinajstić information content (AvgIpc) is 2.83. The molecule has 2 N–H and O–H groups in total. The van der Waals surface area contributed by atoms with Crippen molar-refractivity contribution in [2.75, 3.05) is 11.2 Å². The van der Waals surface area contributed by atoms with Gasteiger partial charge in [0, 0.05) is 11.3 Å². The number of alkyl halides is 1. The summed E-state index contributed by atoms with van der Waals surface area (Å²) < 4.78 is 0. The van der Waals surface area contributed by atoms with Gasteiger partial charge in [0.15, 0.2) is 0 Å². The first kappa shape index (κ1) is 10.6. The van der Waals surface area contributed by atoms with Gasteiger partial charge in [-0.05, 0) is 17.3 Å². The lowest BCUT2D eigenvalue weighted by Crippen LogP contribution is -2.12. The Kier molecular flexibility index (Phi) is 3.11. The molecule has 1 aromatic heterocycles. The predicted octanol–water partition coefficient (Wildman–Crippen LogP) is 1.04. The number of carbonyl (C=O) groups is 1. The molecule has 0 fully saturated rings. The quantitative estimate of drug-likeness (QED) is 0.782. The molecule has 1 heterocycles. The highest BCUT2D eigenvalue weighted by molar-refractivity contribution is 6.29. The lowest BCUT2D eigenvalue weighted by atomic mass is 10.2. The molecular formula is C9H8ClN5O. The molecule has 2 rings (SSSR count). The predicted molar refractivity (Wildman–Crippen MR) is 59.0 cm³/mol. The van der Waals surface area contributed by atoms with E-state index in [0.717, 1.165) is 5.56 Å². The summed E-state index contributed by atoms with van der Waals surface area (Å²) in [7, 11) is 0. The third-order valence-electron chi connectivity index (χ3n) is 1.87. The summed E-state index contributed by atoms with van der Waals surface area (Å²) in [5.74, 6) is 0.140. The van der Waals surface area contributed by atoms with Crippen molar-refractivity contribution >= 4 is 23.2 Å². The maximum atomic E-state index is 11.1. The van der Waals surface area contributed by atoms with Crippen LogP contribution in [0.3, 0.4) is 0 Å². The molecule has 6 nitrogen and oxygen atoms in total. The van der Waals surface area contributed by atoms with Gasteiger partial charge in [-0.15, -0.1) is 21.8 Å². The highest BCUT2D eigenvalue weighted by atomic mass is 35.5.